The Labute approximate surface area is 107 Å². The summed E-state index contributed by atoms with van der Waals surface area (Å²) in [4.78, 5) is 0. The topological polar surface area (TPSA) is 24.1 Å². The van der Waals surface area contributed by atoms with Gasteiger partial charge in [0.2, 0.25) is 0 Å². The Bertz CT molecular complexity index is 366. The predicted octanol–water partition coefficient (Wildman–Crippen LogP) is 2.78. The van der Waals surface area contributed by atoms with Gasteiger partial charge in [-0.1, -0.05) is 22.0 Å². The summed E-state index contributed by atoms with van der Waals surface area (Å²) in [5, 5.41) is 6.00. The van der Waals surface area contributed by atoms with Crippen LogP contribution >= 0.6 is 15.9 Å². The summed E-state index contributed by atoms with van der Waals surface area (Å²) in [7, 11) is 1.82. The highest BCUT2D eigenvalue weighted by Gasteiger charge is 2.32. The first-order valence-corrected chi connectivity index (χ1v) is 5.95. The molecule has 0 aliphatic rings. The number of benzene rings is 1. The van der Waals surface area contributed by atoms with Crippen LogP contribution in [0.1, 0.15) is 11.1 Å². The second kappa shape index (κ2) is 6.37. The van der Waals surface area contributed by atoms with Gasteiger partial charge < -0.3 is 10.6 Å². The lowest BCUT2D eigenvalue weighted by molar-refractivity contribution is -0.138. The smallest absolute Gasteiger partial charge is 0.318 e. The van der Waals surface area contributed by atoms with Crippen LogP contribution in [0.2, 0.25) is 0 Å². The first-order chi connectivity index (χ1) is 7.95. The molecule has 1 aromatic rings. The van der Waals surface area contributed by atoms with Crippen LogP contribution in [-0.2, 0) is 12.7 Å². The van der Waals surface area contributed by atoms with Crippen molar-refractivity contribution in [2.75, 3.05) is 20.1 Å². The largest absolute Gasteiger partial charge is 0.417 e. The maximum Gasteiger partial charge on any atom is 0.417 e. The van der Waals surface area contributed by atoms with Crippen molar-refractivity contribution in [2.24, 2.45) is 0 Å². The first kappa shape index (κ1) is 14.5. The summed E-state index contributed by atoms with van der Waals surface area (Å²) in [5.74, 6) is 0. The van der Waals surface area contributed by atoms with Crippen LogP contribution in [-0.4, -0.2) is 20.1 Å². The van der Waals surface area contributed by atoms with E-state index in [0.717, 1.165) is 12.6 Å². The van der Waals surface area contributed by atoms with Gasteiger partial charge in [0.25, 0.3) is 0 Å². The van der Waals surface area contributed by atoms with Gasteiger partial charge in [0, 0.05) is 24.1 Å². The number of hydrogen-bond acceptors (Lipinski definition) is 2. The lowest BCUT2D eigenvalue weighted by atomic mass is 10.1. The van der Waals surface area contributed by atoms with Crippen molar-refractivity contribution in [1.82, 2.24) is 10.6 Å². The Morgan fingerprint density at radius 3 is 2.53 bits per heavy atom. The Kier molecular flexibility index (Phi) is 5.42. The normalized spacial score (nSPS) is 11.8. The van der Waals surface area contributed by atoms with Crippen LogP contribution in [0.25, 0.3) is 0 Å². The molecule has 2 nitrogen and oxygen atoms in total. The van der Waals surface area contributed by atoms with E-state index >= 15 is 0 Å². The van der Waals surface area contributed by atoms with Gasteiger partial charge in [0.05, 0.1) is 5.56 Å². The van der Waals surface area contributed by atoms with Crippen molar-refractivity contribution in [3.8, 4) is 0 Å². The van der Waals surface area contributed by atoms with E-state index in [4.69, 9.17) is 0 Å². The summed E-state index contributed by atoms with van der Waals surface area (Å²) in [6.07, 6.45) is -4.32. The van der Waals surface area contributed by atoms with Crippen LogP contribution in [0, 0.1) is 0 Å². The molecule has 0 spiro atoms. The number of likely N-dealkylation sites (N-methyl/N-ethyl adjacent to an activating group) is 1. The summed E-state index contributed by atoms with van der Waals surface area (Å²) in [6, 6.07) is 4.26. The third-order valence-electron chi connectivity index (χ3n) is 2.22. The molecule has 0 atom stereocenters. The monoisotopic (exact) mass is 310 g/mol. The molecule has 0 unspecified atom stereocenters. The standard InChI is InChI=1S/C11H14BrF3N2/c1-16-4-5-17-7-8-2-3-10(12)9(6-8)11(13,14)15/h2-3,6,16-17H,4-5,7H2,1H3. The van der Waals surface area contributed by atoms with Gasteiger partial charge in [-0.2, -0.15) is 13.2 Å². The zero-order valence-corrected chi connectivity index (χ0v) is 11.0. The molecule has 0 radical (unpaired) electrons. The minimum Gasteiger partial charge on any atom is -0.318 e. The molecule has 0 heterocycles. The maximum atomic E-state index is 12.6. The van der Waals surface area contributed by atoms with Crippen molar-refractivity contribution in [1.29, 1.82) is 0 Å². The molecule has 0 aliphatic carbocycles. The quantitative estimate of drug-likeness (QED) is 0.817. The van der Waals surface area contributed by atoms with Crippen LogP contribution in [0.3, 0.4) is 0 Å². The van der Waals surface area contributed by atoms with Crippen LogP contribution in [0.4, 0.5) is 13.2 Å². The van der Waals surface area contributed by atoms with E-state index in [0.29, 0.717) is 18.7 Å². The molecule has 1 aromatic carbocycles. The van der Waals surface area contributed by atoms with Crippen molar-refractivity contribution in [3.05, 3.63) is 33.8 Å². The fourth-order valence-electron chi connectivity index (χ4n) is 1.35. The molecule has 0 saturated carbocycles. The van der Waals surface area contributed by atoms with Gasteiger partial charge in [-0.25, -0.2) is 0 Å². The Hall–Kier alpha value is -0.590. The fourth-order valence-corrected chi connectivity index (χ4v) is 1.82. The van der Waals surface area contributed by atoms with E-state index in [-0.39, 0.29) is 4.47 Å². The molecule has 0 bridgehead atoms. The first-order valence-electron chi connectivity index (χ1n) is 5.16. The molecule has 2 N–H and O–H groups in total. The third kappa shape index (κ3) is 4.65. The van der Waals surface area contributed by atoms with Gasteiger partial charge in [0.1, 0.15) is 0 Å². The predicted molar refractivity (Wildman–Crippen MR) is 64.8 cm³/mol. The third-order valence-corrected chi connectivity index (χ3v) is 2.91. The highest BCUT2D eigenvalue weighted by Crippen LogP contribution is 2.35. The zero-order chi connectivity index (χ0) is 12.9. The highest BCUT2D eigenvalue weighted by atomic mass is 79.9. The minimum atomic E-state index is -4.32. The highest BCUT2D eigenvalue weighted by molar-refractivity contribution is 9.10. The molecule has 0 saturated heterocycles. The van der Waals surface area contributed by atoms with Crippen LogP contribution in [0.5, 0.6) is 0 Å². The second-order valence-electron chi connectivity index (χ2n) is 3.59. The maximum absolute atomic E-state index is 12.6. The summed E-state index contributed by atoms with van der Waals surface area (Å²) < 4.78 is 37.9. The molecular formula is C11H14BrF3N2. The van der Waals surface area contributed by atoms with Gasteiger partial charge in [-0.15, -0.1) is 0 Å². The zero-order valence-electron chi connectivity index (χ0n) is 9.37. The number of nitrogens with one attached hydrogen (secondary N) is 2. The lowest BCUT2D eigenvalue weighted by Gasteiger charge is -2.11. The average Bonchev–Trinajstić information content (AvgIpc) is 2.25. The number of hydrogen-bond donors (Lipinski definition) is 2. The Morgan fingerprint density at radius 2 is 1.94 bits per heavy atom. The summed E-state index contributed by atoms with van der Waals surface area (Å²) in [5.41, 5.74) is -0.0120. The molecule has 0 aliphatic heterocycles. The van der Waals surface area contributed by atoms with E-state index in [1.807, 2.05) is 7.05 Å². The second-order valence-corrected chi connectivity index (χ2v) is 4.45. The van der Waals surface area contributed by atoms with Gasteiger partial charge in [0.15, 0.2) is 0 Å². The van der Waals surface area contributed by atoms with Crippen molar-refractivity contribution in [3.63, 3.8) is 0 Å². The summed E-state index contributed by atoms with van der Waals surface area (Å²) in [6.45, 7) is 1.93. The molecule has 0 aromatic heterocycles. The van der Waals surface area contributed by atoms with Gasteiger partial charge >= 0.3 is 6.18 Å². The number of halogens is 4. The molecule has 1 rings (SSSR count). The van der Waals surface area contributed by atoms with E-state index in [2.05, 4.69) is 26.6 Å². The summed E-state index contributed by atoms with van der Waals surface area (Å²) >= 11 is 2.91. The van der Waals surface area contributed by atoms with E-state index in [9.17, 15) is 13.2 Å². The van der Waals surface area contributed by atoms with Crippen molar-refractivity contribution < 1.29 is 13.2 Å². The van der Waals surface area contributed by atoms with Crippen molar-refractivity contribution >= 4 is 15.9 Å². The Balaban J connectivity index is 2.69. The van der Waals surface area contributed by atoms with E-state index in [1.54, 1.807) is 6.07 Å². The molecular weight excluding hydrogens is 297 g/mol. The van der Waals surface area contributed by atoms with Crippen LogP contribution in [0.15, 0.2) is 22.7 Å². The fraction of sp³-hybridized carbons (Fsp3) is 0.455. The SMILES string of the molecule is CNCCNCc1ccc(Br)c(C(F)(F)F)c1. The minimum absolute atomic E-state index is 0.0731. The van der Waals surface area contributed by atoms with Crippen molar-refractivity contribution in [2.45, 2.75) is 12.7 Å². The number of rotatable bonds is 5. The molecule has 0 fully saturated rings. The number of alkyl halides is 3. The molecule has 6 heteroatoms. The molecule has 0 amide bonds. The lowest BCUT2D eigenvalue weighted by Crippen LogP contribution is -2.24. The Morgan fingerprint density at radius 1 is 1.24 bits per heavy atom. The van der Waals surface area contributed by atoms with Crippen LogP contribution < -0.4 is 10.6 Å². The molecule has 96 valence electrons. The van der Waals surface area contributed by atoms with Gasteiger partial charge in [-0.3, -0.25) is 0 Å². The molecule has 17 heavy (non-hydrogen) atoms. The van der Waals surface area contributed by atoms with E-state index < -0.39 is 11.7 Å². The van der Waals surface area contributed by atoms with E-state index in [1.165, 1.54) is 6.07 Å². The van der Waals surface area contributed by atoms with Gasteiger partial charge in [-0.05, 0) is 24.7 Å². The average molecular weight is 311 g/mol.